The van der Waals surface area contributed by atoms with Crippen LogP contribution in [-0.4, -0.2) is 17.4 Å². The van der Waals surface area contributed by atoms with Gasteiger partial charge >= 0.3 is 0 Å². The maximum Gasteiger partial charge on any atom is 0.258 e. The maximum absolute atomic E-state index is 12.7. The van der Waals surface area contributed by atoms with Gasteiger partial charge in [0.2, 0.25) is 0 Å². The number of anilines is 1. The van der Waals surface area contributed by atoms with E-state index in [1.165, 1.54) is 11.1 Å². The minimum absolute atomic E-state index is 0.0902. The van der Waals surface area contributed by atoms with Crippen molar-refractivity contribution in [2.45, 2.75) is 40.0 Å². The van der Waals surface area contributed by atoms with Crippen LogP contribution >= 0.6 is 0 Å². The average molecular weight is 296 g/mol. The van der Waals surface area contributed by atoms with Crippen LogP contribution < -0.4 is 4.90 Å². The zero-order valence-corrected chi connectivity index (χ0v) is 13.7. The molecule has 0 radical (unpaired) electrons. The first-order valence-corrected chi connectivity index (χ1v) is 8.13. The molecule has 0 aliphatic carbocycles. The van der Waals surface area contributed by atoms with Crippen LogP contribution in [0.25, 0.3) is 0 Å². The number of pyridine rings is 1. The minimum atomic E-state index is 0.0902. The van der Waals surface area contributed by atoms with Crippen LogP contribution in [0.3, 0.4) is 0 Å². The monoisotopic (exact) mass is 296 g/mol. The Morgan fingerprint density at radius 3 is 2.86 bits per heavy atom. The van der Waals surface area contributed by atoms with E-state index in [0.29, 0.717) is 0 Å². The van der Waals surface area contributed by atoms with Crippen molar-refractivity contribution >= 4 is 11.6 Å². The van der Waals surface area contributed by atoms with Gasteiger partial charge in [-0.25, -0.2) is 0 Å². The van der Waals surface area contributed by atoms with Crippen LogP contribution in [0.5, 0.6) is 0 Å². The summed E-state index contributed by atoms with van der Waals surface area (Å²) < 4.78 is 0. The minimum Gasteiger partial charge on any atom is -0.308 e. The van der Waals surface area contributed by atoms with Crippen molar-refractivity contribution in [1.82, 2.24) is 4.98 Å². The molecule has 1 aliphatic heterocycles. The van der Waals surface area contributed by atoms with Crippen molar-refractivity contribution in [3.63, 3.8) is 0 Å². The fraction of sp³-hybridized carbons (Fsp3) is 0.368. The Balaban J connectivity index is 0.000000847. The lowest BCUT2D eigenvalue weighted by Gasteiger charge is -2.29. The number of carbonyl (C=O) groups is 1. The Morgan fingerprint density at radius 1 is 1.27 bits per heavy atom. The van der Waals surface area contributed by atoms with Gasteiger partial charge in [0.1, 0.15) is 0 Å². The highest BCUT2D eigenvalue weighted by Crippen LogP contribution is 2.27. The summed E-state index contributed by atoms with van der Waals surface area (Å²) in [6.45, 7) is 6.89. The van der Waals surface area contributed by atoms with Crippen LogP contribution in [0, 0.1) is 0 Å². The normalized spacial score (nSPS) is 13.0. The van der Waals surface area contributed by atoms with Gasteiger partial charge in [0.15, 0.2) is 0 Å². The summed E-state index contributed by atoms with van der Waals surface area (Å²) >= 11 is 0. The van der Waals surface area contributed by atoms with Gasteiger partial charge in [0, 0.05) is 24.5 Å². The molecule has 1 aliphatic rings. The first-order chi connectivity index (χ1) is 10.8. The molecule has 1 amide bonds. The second kappa shape index (κ2) is 7.74. The molecule has 116 valence electrons. The van der Waals surface area contributed by atoms with Crippen LogP contribution in [0.4, 0.5) is 5.69 Å². The highest BCUT2D eigenvalue weighted by molar-refractivity contribution is 6.06. The Hall–Kier alpha value is -2.16. The molecule has 3 heteroatoms. The Morgan fingerprint density at radius 2 is 2.09 bits per heavy atom. The van der Waals surface area contributed by atoms with E-state index in [1.807, 2.05) is 49.2 Å². The van der Waals surface area contributed by atoms with Gasteiger partial charge in [-0.3, -0.25) is 9.78 Å². The summed E-state index contributed by atoms with van der Waals surface area (Å²) in [5, 5.41) is 0. The van der Waals surface area contributed by atoms with E-state index in [9.17, 15) is 4.79 Å². The molecule has 2 heterocycles. The smallest absolute Gasteiger partial charge is 0.258 e. The van der Waals surface area contributed by atoms with Crippen LogP contribution in [0.1, 0.15) is 48.7 Å². The lowest BCUT2D eigenvalue weighted by molar-refractivity contribution is 0.0985. The topological polar surface area (TPSA) is 33.2 Å². The number of amides is 1. The molecular formula is C19H24N2O. The highest BCUT2D eigenvalue weighted by Gasteiger charge is 2.23. The third-order valence-corrected chi connectivity index (χ3v) is 3.82. The zero-order valence-electron chi connectivity index (χ0n) is 13.7. The molecule has 0 spiro atoms. The number of fused-ring (bicyclic) bond motifs is 1. The quantitative estimate of drug-likeness (QED) is 0.829. The SMILES string of the molecule is CC.CCc1cccc(C(=O)N2CCCc3cnccc32)c1. The predicted molar refractivity (Wildman–Crippen MR) is 91.4 cm³/mol. The summed E-state index contributed by atoms with van der Waals surface area (Å²) in [5.74, 6) is 0.0902. The van der Waals surface area contributed by atoms with Crippen LogP contribution in [0.2, 0.25) is 0 Å². The number of hydrogen-bond acceptors (Lipinski definition) is 2. The van der Waals surface area contributed by atoms with Crippen molar-refractivity contribution in [3.05, 3.63) is 59.4 Å². The van der Waals surface area contributed by atoms with Gasteiger partial charge < -0.3 is 4.90 Å². The van der Waals surface area contributed by atoms with Crippen molar-refractivity contribution in [3.8, 4) is 0 Å². The van der Waals surface area contributed by atoms with E-state index >= 15 is 0 Å². The number of carbonyl (C=O) groups excluding carboxylic acids is 1. The van der Waals surface area contributed by atoms with E-state index in [1.54, 1.807) is 6.20 Å². The number of aryl methyl sites for hydroxylation is 2. The molecule has 0 bridgehead atoms. The van der Waals surface area contributed by atoms with E-state index in [-0.39, 0.29) is 5.91 Å². The van der Waals surface area contributed by atoms with Gasteiger partial charge in [0.25, 0.3) is 5.91 Å². The molecule has 3 nitrogen and oxygen atoms in total. The Kier molecular flexibility index (Phi) is 5.70. The molecule has 2 aromatic rings. The van der Waals surface area contributed by atoms with Gasteiger partial charge in [-0.1, -0.05) is 32.9 Å². The lowest BCUT2D eigenvalue weighted by atomic mass is 10.0. The molecule has 1 aromatic carbocycles. The van der Waals surface area contributed by atoms with Gasteiger partial charge in [-0.2, -0.15) is 0 Å². The molecular weight excluding hydrogens is 272 g/mol. The highest BCUT2D eigenvalue weighted by atomic mass is 16.2. The number of rotatable bonds is 2. The second-order valence-corrected chi connectivity index (χ2v) is 5.12. The van der Waals surface area contributed by atoms with E-state index < -0.39 is 0 Å². The molecule has 0 saturated carbocycles. The Bertz CT molecular complexity index is 637. The van der Waals surface area contributed by atoms with Gasteiger partial charge in [-0.05, 0) is 48.6 Å². The third kappa shape index (κ3) is 3.35. The molecule has 0 saturated heterocycles. The maximum atomic E-state index is 12.7. The summed E-state index contributed by atoms with van der Waals surface area (Å²) in [5.41, 5.74) is 4.15. The number of nitrogens with zero attached hydrogens (tertiary/aromatic N) is 2. The summed E-state index contributed by atoms with van der Waals surface area (Å²) in [6.07, 6.45) is 6.58. The van der Waals surface area contributed by atoms with Crippen molar-refractivity contribution in [2.75, 3.05) is 11.4 Å². The Labute approximate surface area is 133 Å². The van der Waals surface area contributed by atoms with Crippen molar-refractivity contribution in [2.24, 2.45) is 0 Å². The number of aromatic nitrogens is 1. The first-order valence-electron chi connectivity index (χ1n) is 8.13. The average Bonchev–Trinajstić information content (AvgIpc) is 2.62. The second-order valence-electron chi connectivity index (χ2n) is 5.12. The van der Waals surface area contributed by atoms with E-state index in [2.05, 4.69) is 18.0 Å². The molecule has 0 unspecified atom stereocenters. The van der Waals surface area contributed by atoms with Gasteiger partial charge in [0.05, 0.1) is 5.69 Å². The zero-order chi connectivity index (χ0) is 15.9. The fourth-order valence-corrected chi connectivity index (χ4v) is 2.71. The largest absolute Gasteiger partial charge is 0.308 e. The molecule has 1 aromatic heterocycles. The number of hydrogen-bond donors (Lipinski definition) is 0. The van der Waals surface area contributed by atoms with Gasteiger partial charge in [-0.15, -0.1) is 0 Å². The standard InChI is InChI=1S/C17H18N2O.C2H6/c1-2-13-5-3-6-14(11-13)17(20)19-10-4-7-15-12-18-9-8-16(15)19;1-2/h3,5-6,8-9,11-12H,2,4,7,10H2,1H3;1-2H3. The molecule has 22 heavy (non-hydrogen) atoms. The molecule has 3 rings (SSSR count). The lowest BCUT2D eigenvalue weighted by Crippen LogP contribution is -2.35. The van der Waals surface area contributed by atoms with E-state index in [0.717, 1.165) is 37.1 Å². The summed E-state index contributed by atoms with van der Waals surface area (Å²) in [7, 11) is 0. The summed E-state index contributed by atoms with van der Waals surface area (Å²) in [4.78, 5) is 18.8. The van der Waals surface area contributed by atoms with Crippen molar-refractivity contribution < 1.29 is 4.79 Å². The fourth-order valence-electron chi connectivity index (χ4n) is 2.71. The molecule has 0 fully saturated rings. The molecule has 0 N–H and O–H groups in total. The first kappa shape index (κ1) is 16.2. The van der Waals surface area contributed by atoms with E-state index in [4.69, 9.17) is 0 Å². The number of benzene rings is 1. The van der Waals surface area contributed by atoms with Crippen LogP contribution in [-0.2, 0) is 12.8 Å². The van der Waals surface area contributed by atoms with Crippen molar-refractivity contribution in [1.29, 1.82) is 0 Å². The predicted octanol–water partition coefficient (Wildman–Crippen LogP) is 4.26. The molecule has 0 atom stereocenters. The van der Waals surface area contributed by atoms with Crippen LogP contribution in [0.15, 0.2) is 42.7 Å². The third-order valence-electron chi connectivity index (χ3n) is 3.82. The summed E-state index contributed by atoms with van der Waals surface area (Å²) in [6, 6.07) is 9.86.